The Bertz CT molecular complexity index is 427. The van der Waals surface area contributed by atoms with Crippen LogP contribution in [0.15, 0.2) is 34.5 Å². The van der Waals surface area contributed by atoms with Gasteiger partial charge in [-0.15, -0.1) is 5.11 Å². The molecule has 0 spiro atoms. The third-order valence-electron chi connectivity index (χ3n) is 1.61. The first kappa shape index (κ1) is 10.7. The van der Waals surface area contributed by atoms with Crippen molar-refractivity contribution in [3.63, 3.8) is 0 Å². The molecule has 0 bridgehead atoms. The molecule has 0 aliphatic carbocycles. The number of rotatable bonds is 3. The standard InChI is InChI=1S/C10H8N4O/c1-15-10-5-3-2-4-9(10)14-13-8(6-11)7-12/h2-5,8H,1H3. The van der Waals surface area contributed by atoms with Crippen LogP contribution in [0, 0.1) is 22.7 Å². The normalized spacial score (nSPS) is 9.87. The van der Waals surface area contributed by atoms with Crippen LogP contribution in [-0.2, 0) is 0 Å². The second-order valence-corrected chi connectivity index (χ2v) is 2.55. The van der Waals surface area contributed by atoms with Gasteiger partial charge in [-0.3, -0.25) is 0 Å². The van der Waals surface area contributed by atoms with Crippen LogP contribution in [0.25, 0.3) is 0 Å². The maximum atomic E-state index is 8.47. The summed E-state index contributed by atoms with van der Waals surface area (Å²) in [6.45, 7) is 0. The first-order chi connectivity index (χ1) is 7.31. The van der Waals surface area contributed by atoms with Crippen LogP contribution in [0.2, 0.25) is 0 Å². The molecule has 1 rings (SSSR count). The van der Waals surface area contributed by atoms with Crippen molar-refractivity contribution in [1.82, 2.24) is 0 Å². The zero-order chi connectivity index (χ0) is 11.1. The average molecular weight is 200 g/mol. The summed E-state index contributed by atoms with van der Waals surface area (Å²) in [6, 6.07) is 9.30. The van der Waals surface area contributed by atoms with Crippen molar-refractivity contribution in [2.75, 3.05) is 7.11 Å². The molecule has 15 heavy (non-hydrogen) atoms. The Morgan fingerprint density at radius 3 is 2.53 bits per heavy atom. The first-order valence-corrected chi connectivity index (χ1v) is 4.15. The highest BCUT2D eigenvalue weighted by Crippen LogP contribution is 2.26. The number of benzene rings is 1. The van der Waals surface area contributed by atoms with Crippen molar-refractivity contribution in [1.29, 1.82) is 10.5 Å². The Morgan fingerprint density at radius 2 is 1.93 bits per heavy atom. The van der Waals surface area contributed by atoms with Gasteiger partial charge >= 0.3 is 0 Å². The molecular weight excluding hydrogens is 192 g/mol. The number of hydrogen-bond acceptors (Lipinski definition) is 5. The second-order valence-electron chi connectivity index (χ2n) is 2.55. The SMILES string of the molecule is COc1ccccc1N=NC(C#N)C#N. The maximum Gasteiger partial charge on any atom is 0.242 e. The van der Waals surface area contributed by atoms with Gasteiger partial charge in [-0.25, -0.2) is 0 Å². The number of ether oxygens (including phenoxy) is 1. The summed E-state index contributed by atoms with van der Waals surface area (Å²) in [5.74, 6) is 0.552. The minimum atomic E-state index is -1.07. The van der Waals surface area contributed by atoms with Crippen molar-refractivity contribution in [3.05, 3.63) is 24.3 Å². The molecule has 0 aliphatic rings. The molecule has 0 radical (unpaired) electrons. The van der Waals surface area contributed by atoms with Gasteiger partial charge in [0.1, 0.15) is 23.6 Å². The number of hydrogen-bond donors (Lipinski definition) is 0. The van der Waals surface area contributed by atoms with Gasteiger partial charge in [0.2, 0.25) is 6.04 Å². The van der Waals surface area contributed by atoms with E-state index in [0.717, 1.165) is 0 Å². The molecule has 1 aromatic carbocycles. The van der Waals surface area contributed by atoms with E-state index in [0.29, 0.717) is 11.4 Å². The lowest BCUT2D eigenvalue weighted by Gasteiger charge is -2.01. The first-order valence-electron chi connectivity index (χ1n) is 4.15. The fourth-order valence-electron chi connectivity index (χ4n) is 0.913. The zero-order valence-corrected chi connectivity index (χ0v) is 8.08. The number of para-hydroxylation sites is 1. The van der Waals surface area contributed by atoms with E-state index in [1.807, 2.05) is 0 Å². The van der Waals surface area contributed by atoms with Gasteiger partial charge in [-0.2, -0.15) is 15.6 Å². The van der Waals surface area contributed by atoms with Crippen LogP contribution in [0.4, 0.5) is 5.69 Å². The van der Waals surface area contributed by atoms with Crippen LogP contribution < -0.4 is 4.74 Å². The predicted molar refractivity (Wildman–Crippen MR) is 52.5 cm³/mol. The number of nitriles is 2. The van der Waals surface area contributed by atoms with Crippen LogP contribution in [0.3, 0.4) is 0 Å². The number of azo groups is 1. The van der Waals surface area contributed by atoms with Crippen molar-refractivity contribution >= 4 is 5.69 Å². The van der Waals surface area contributed by atoms with E-state index in [2.05, 4.69) is 10.2 Å². The molecule has 0 aliphatic heterocycles. The van der Waals surface area contributed by atoms with E-state index in [4.69, 9.17) is 15.3 Å². The van der Waals surface area contributed by atoms with E-state index < -0.39 is 6.04 Å². The van der Waals surface area contributed by atoms with Crippen molar-refractivity contribution in [2.45, 2.75) is 6.04 Å². The minimum absolute atomic E-state index is 0.496. The molecule has 0 saturated carbocycles. The van der Waals surface area contributed by atoms with Crippen LogP contribution >= 0.6 is 0 Å². The molecule has 1 aromatic rings. The monoisotopic (exact) mass is 200 g/mol. The van der Waals surface area contributed by atoms with Gasteiger partial charge in [0.15, 0.2) is 0 Å². The Labute approximate surface area is 87.2 Å². The summed E-state index contributed by atoms with van der Waals surface area (Å²) in [5, 5.41) is 24.3. The summed E-state index contributed by atoms with van der Waals surface area (Å²) in [5.41, 5.74) is 0.496. The minimum Gasteiger partial charge on any atom is -0.494 e. The molecule has 0 atom stereocenters. The second kappa shape index (κ2) is 5.36. The summed E-state index contributed by atoms with van der Waals surface area (Å²) < 4.78 is 5.03. The summed E-state index contributed by atoms with van der Waals surface area (Å²) in [6.07, 6.45) is 0. The quantitative estimate of drug-likeness (QED) is 0.701. The number of nitrogens with zero attached hydrogens (tertiary/aromatic N) is 4. The molecule has 0 saturated heterocycles. The summed E-state index contributed by atoms with van der Waals surface area (Å²) in [7, 11) is 1.51. The van der Waals surface area contributed by atoms with Crippen LogP contribution in [-0.4, -0.2) is 13.2 Å². The van der Waals surface area contributed by atoms with Crippen LogP contribution in [0.1, 0.15) is 0 Å². The smallest absolute Gasteiger partial charge is 0.242 e. The van der Waals surface area contributed by atoms with Gasteiger partial charge in [-0.1, -0.05) is 12.1 Å². The maximum absolute atomic E-state index is 8.47. The molecule has 5 nitrogen and oxygen atoms in total. The van der Waals surface area contributed by atoms with Gasteiger partial charge < -0.3 is 4.74 Å². The number of methoxy groups -OCH3 is 1. The topological polar surface area (TPSA) is 81.5 Å². The molecule has 0 fully saturated rings. The van der Waals surface area contributed by atoms with Crippen LogP contribution in [0.5, 0.6) is 5.75 Å². The highest BCUT2D eigenvalue weighted by atomic mass is 16.5. The Kier molecular flexibility index (Phi) is 3.81. The lowest BCUT2D eigenvalue weighted by atomic mass is 10.3. The van der Waals surface area contributed by atoms with Crippen molar-refractivity contribution in [2.24, 2.45) is 10.2 Å². The molecular formula is C10H8N4O. The molecule has 0 heterocycles. The molecule has 5 heteroatoms. The summed E-state index contributed by atoms with van der Waals surface area (Å²) in [4.78, 5) is 0. The van der Waals surface area contributed by atoms with Gasteiger partial charge in [0, 0.05) is 0 Å². The third kappa shape index (κ3) is 2.78. The van der Waals surface area contributed by atoms with Gasteiger partial charge in [0.25, 0.3) is 0 Å². The largest absolute Gasteiger partial charge is 0.494 e. The fourth-order valence-corrected chi connectivity index (χ4v) is 0.913. The van der Waals surface area contributed by atoms with E-state index in [1.165, 1.54) is 7.11 Å². The highest BCUT2D eigenvalue weighted by molar-refractivity contribution is 5.50. The van der Waals surface area contributed by atoms with E-state index in [-0.39, 0.29) is 0 Å². The molecule has 0 amide bonds. The van der Waals surface area contributed by atoms with Crippen molar-refractivity contribution < 1.29 is 4.74 Å². The zero-order valence-electron chi connectivity index (χ0n) is 8.08. The van der Waals surface area contributed by atoms with E-state index >= 15 is 0 Å². The lowest BCUT2D eigenvalue weighted by molar-refractivity contribution is 0.415. The Balaban J connectivity index is 2.90. The van der Waals surface area contributed by atoms with Gasteiger partial charge in [-0.05, 0) is 12.1 Å². The molecule has 0 N–H and O–H groups in total. The van der Waals surface area contributed by atoms with E-state index in [1.54, 1.807) is 36.4 Å². The fraction of sp³-hybridized carbons (Fsp3) is 0.200. The van der Waals surface area contributed by atoms with Crippen molar-refractivity contribution in [3.8, 4) is 17.9 Å². The highest BCUT2D eigenvalue weighted by Gasteiger charge is 2.03. The summed E-state index contributed by atoms with van der Waals surface area (Å²) >= 11 is 0. The Morgan fingerprint density at radius 1 is 1.27 bits per heavy atom. The lowest BCUT2D eigenvalue weighted by Crippen LogP contribution is -1.92. The molecule has 74 valence electrons. The molecule has 0 unspecified atom stereocenters. The average Bonchev–Trinajstić information content (AvgIpc) is 2.31. The van der Waals surface area contributed by atoms with E-state index in [9.17, 15) is 0 Å². The predicted octanol–water partition coefficient (Wildman–Crippen LogP) is 2.19. The molecule has 0 aromatic heterocycles. The Hall–Kier alpha value is -2.40. The van der Waals surface area contributed by atoms with Gasteiger partial charge in [0.05, 0.1) is 7.11 Å². The third-order valence-corrected chi connectivity index (χ3v) is 1.61.